The number of esters is 2. The third-order valence-electron chi connectivity index (χ3n) is 9.69. The van der Waals surface area contributed by atoms with Gasteiger partial charge in [-0.3, -0.25) is 19.2 Å². The van der Waals surface area contributed by atoms with Crippen molar-refractivity contribution in [1.29, 1.82) is 0 Å². The molecule has 2 N–H and O–H groups in total. The van der Waals surface area contributed by atoms with Crippen molar-refractivity contribution in [2.75, 3.05) is 13.2 Å². The highest BCUT2D eigenvalue weighted by atomic mass is 16.5. The number of carbonyl (C=O) groups is 4. The van der Waals surface area contributed by atoms with Crippen LogP contribution in [0, 0.1) is 47.3 Å². The Labute approximate surface area is 227 Å². The zero-order chi connectivity index (χ0) is 27.7. The lowest BCUT2D eigenvalue weighted by atomic mass is 9.79. The van der Waals surface area contributed by atoms with Crippen LogP contribution < -0.4 is 0 Å². The van der Waals surface area contributed by atoms with E-state index in [-0.39, 0.29) is 11.9 Å². The standard InChI is InChI=1S/2C10H16O4.C10H16/c2*1-2-14-10(13)8-6-4-3-5-7(8)9(11)12;1-2-9-7-4-5-8(6-7)10(9)3-1/h2*7-8H,2-6H2,1H3,(H,11,12);7-10H,1-6H2. The number of carbonyl (C=O) groups excluding carboxylic acids is 2. The smallest absolute Gasteiger partial charge is 0.309 e. The molecule has 2 bridgehead atoms. The second-order valence-electron chi connectivity index (χ2n) is 11.8. The van der Waals surface area contributed by atoms with Crippen LogP contribution in [0.15, 0.2) is 0 Å². The van der Waals surface area contributed by atoms with Gasteiger partial charge in [0, 0.05) is 0 Å². The van der Waals surface area contributed by atoms with E-state index in [1.807, 2.05) is 0 Å². The number of carboxylic acid groups (broad SMARTS) is 2. The lowest BCUT2D eigenvalue weighted by molar-refractivity contribution is -0.159. The van der Waals surface area contributed by atoms with Crippen molar-refractivity contribution in [1.82, 2.24) is 0 Å². The van der Waals surface area contributed by atoms with Crippen molar-refractivity contribution in [2.24, 2.45) is 47.3 Å². The Kier molecular flexibility index (Phi) is 11.9. The zero-order valence-electron chi connectivity index (χ0n) is 23.3. The molecule has 5 rings (SSSR count). The zero-order valence-corrected chi connectivity index (χ0v) is 23.3. The van der Waals surface area contributed by atoms with Crippen LogP contribution in [-0.2, 0) is 28.7 Å². The van der Waals surface area contributed by atoms with Crippen LogP contribution in [0.4, 0.5) is 0 Å². The first kappa shape index (κ1) is 30.4. The molecule has 5 fully saturated rings. The van der Waals surface area contributed by atoms with E-state index in [9.17, 15) is 19.2 Å². The number of aliphatic carboxylic acids is 2. The van der Waals surface area contributed by atoms with Gasteiger partial charge in [-0.05, 0) is 95.3 Å². The van der Waals surface area contributed by atoms with Gasteiger partial charge < -0.3 is 19.7 Å². The first-order valence-electron chi connectivity index (χ1n) is 15.1. The molecule has 8 heteroatoms. The topological polar surface area (TPSA) is 127 Å². The van der Waals surface area contributed by atoms with Gasteiger partial charge in [0.1, 0.15) is 0 Å². The molecule has 0 aromatic carbocycles. The molecule has 8 nitrogen and oxygen atoms in total. The third-order valence-corrected chi connectivity index (χ3v) is 9.69. The monoisotopic (exact) mass is 536 g/mol. The molecular weight excluding hydrogens is 488 g/mol. The van der Waals surface area contributed by atoms with Crippen molar-refractivity contribution in [3.05, 3.63) is 0 Å². The molecule has 5 aliphatic rings. The van der Waals surface area contributed by atoms with Crippen molar-refractivity contribution in [2.45, 2.75) is 104 Å². The average molecular weight is 537 g/mol. The van der Waals surface area contributed by atoms with Gasteiger partial charge in [0.25, 0.3) is 0 Å². The normalized spacial score (nSPS) is 35.0. The van der Waals surface area contributed by atoms with Crippen molar-refractivity contribution >= 4 is 23.9 Å². The molecule has 216 valence electrons. The quantitative estimate of drug-likeness (QED) is 0.413. The molecule has 0 aromatic heterocycles. The van der Waals surface area contributed by atoms with Crippen LogP contribution in [-0.4, -0.2) is 47.3 Å². The number of hydrogen-bond acceptors (Lipinski definition) is 6. The van der Waals surface area contributed by atoms with E-state index in [1.54, 1.807) is 52.4 Å². The fourth-order valence-corrected chi connectivity index (χ4v) is 7.93. The molecule has 8 atom stereocenters. The second-order valence-corrected chi connectivity index (χ2v) is 11.8. The summed E-state index contributed by atoms with van der Waals surface area (Å²) < 4.78 is 9.72. The fourth-order valence-electron chi connectivity index (χ4n) is 7.93. The number of carboxylic acids is 2. The van der Waals surface area contributed by atoms with Gasteiger partial charge in [-0.1, -0.05) is 32.1 Å². The maximum Gasteiger partial charge on any atom is 0.309 e. The third kappa shape index (κ3) is 7.72. The minimum absolute atomic E-state index is 0.321. The Morgan fingerprint density at radius 2 is 0.921 bits per heavy atom. The summed E-state index contributed by atoms with van der Waals surface area (Å²) in [7, 11) is 0. The van der Waals surface area contributed by atoms with Gasteiger partial charge in [-0.25, -0.2) is 0 Å². The van der Waals surface area contributed by atoms with Crippen molar-refractivity contribution in [3.63, 3.8) is 0 Å². The average Bonchev–Trinajstić information content (AvgIpc) is 3.66. The molecule has 0 amide bonds. The van der Waals surface area contributed by atoms with Crippen molar-refractivity contribution in [3.8, 4) is 0 Å². The number of rotatable bonds is 6. The van der Waals surface area contributed by atoms with Crippen LogP contribution in [0.5, 0.6) is 0 Å². The predicted molar refractivity (Wildman–Crippen MR) is 141 cm³/mol. The summed E-state index contributed by atoms with van der Waals surface area (Å²) >= 11 is 0. The maximum atomic E-state index is 11.4. The maximum absolute atomic E-state index is 11.4. The van der Waals surface area contributed by atoms with Crippen molar-refractivity contribution < 1.29 is 38.9 Å². The molecular formula is C30H48O8. The predicted octanol–water partition coefficient (Wildman–Crippen LogP) is 5.71. The first-order chi connectivity index (χ1) is 18.3. The molecule has 38 heavy (non-hydrogen) atoms. The lowest BCUT2D eigenvalue weighted by Gasteiger charge is -2.26. The summed E-state index contributed by atoms with van der Waals surface area (Å²) in [5.74, 6) is 0.421. The molecule has 0 spiro atoms. The fraction of sp³-hybridized carbons (Fsp3) is 0.867. The number of hydrogen-bond donors (Lipinski definition) is 2. The molecule has 5 saturated carbocycles. The minimum atomic E-state index is -0.872. The lowest BCUT2D eigenvalue weighted by Crippen LogP contribution is -2.33. The number of fused-ring (bicyclic) bond motifs is 5. The van der Waals surface area contributed by atoms with E-state index in [1.165, 1.54) is 23.7 Å². The van der Waals surface area contributed by atoms with Gasteiger partial charge in [0.05, 0.1) is 36.9 Å². The summed E-state index contributed by atoms with van der Waals surface area (Å²) in [5.41, 5.74) is 0. The molecule has 5 aliphatic carbocycles. The summed E-state index contributed by atoms with van der Waals surface area (Å²) in [4.78, 5) is 44.6. The second kappa shape index (κ2) is 14.9. The first-order valence-corrected chi connectivity index (χ1v) is 15.1. The Bertz CT molecular complexity index is 746. The summed E-state index contributed by atoms with van der Waals surface area (Å²) in [6.07, 6.45) is 15.7. The van der Waals surface area contributed by atoms with Crippen LogP contribution in [0.3, 0.4) is 0 Å². The molecule has 0 aromatic rings. The largest absolute Gasteiger partial charge is 0.481 e. The van der Waals surface area contributed by atoms with E-state index in [4.69, 9.17) is 19.7 Å². The Hall–Kier alpha value is -2.12. The Morgan fingerprint density at radius 1 is 0.553 bits per heavy atom. The van der Waals surface area contributed by atoms with Crippen LogP contribution in [0.2, 0.25) is 0 Å². The van der Waals surface area contributed by atoms with E-state index < -0.39 is 35.6 Å². The van der Waals surface area contributed by atoms with E-state index >= 15 is 0 Å². The van der Waals surface area contributed by atoms with Gasteiger partial charge in [0.2, 0.25) is 0 Å². The highest BCUT2D eigenvalue weighted by molar-refractivity contribution is 5.81. The van der Waals surface area contributed by atoms with Gasteiger partial charge in [-0.2, -0.15) is 0 Å². The van der Waals surface area contributed by atoms with E-state index in [0.717, 1.165) is 25.7 Å². The summed E-state index contributed by atoms with van der Waals surface area (Å²) in [6.45, 7) is 4.11. The molecule has 0 aliphatic heterocycles. The van der Waals surface area contributed by atoms with E-state index in [2.05, 4.69) is 0 Å². The molecule has 8 unspecified atom stereocenters. The number of ether oxygens (including phenoxy) is 2. The molecule has 0 saturated heterocycles. The minimum Gasteiger partial charge on any atom is -0.481 e. The summed E-state index contributed by atoms with van der Waals surface area (Å²) in [6, 6.07) is 0. The SMILES string of the molecule is C1CC2C3CCC(C3)C2C1.CCOC(=O)C1CCCCC1C(=O)O.CCOC(=O)C1CCCCC1C(=O)O. The van der Waals surface area contributed by atoms with Gasteiger partial charge in [0.15, 0.2) is 0 Å². The van der Waals surface area contributed by atoms with Crippen LogP contribution >= 0.6 is 0 Å². The van der Waals surface area contributed by atoms with Gasteiger partial charge >= 0.3 is 23.9 Å². The highest BCUT2D eigenvalue weighted by Crippen LogP contribution is 2.58. The Morgan fingerprint density at radius 3 is 1.26 bits per heavy atom. The molecule has 0 radical (unpaired) electrons. The van der Waals surface area contributed by atoms with Crippen LogP contribution in [0.25, 0.3) is 0 Å². The summed E-state index contributed by atoms with van der Waals surface area (Å²) in [5, 5.41) is 17.8. The van der Waals surface area contributed by atoms with E-state index in [0.29, 0.717) is 38.9 Å². The van der Waals surface area contributed by atoms with Crippen LogP contribution in [0.1, 0.15) is 104 Å². The highest BCUT2D eigenvalue weighted by Gasteiger charge is 2.48. The van der Waals surface area contributed by atoms with Gasteiger partial charge in [-0.15, -0.1) is 0 Å². The molecule has 0 heterocycles. The Balaban J connectivity index is 0.000000160.